The zero-order valence-electron chi connectivity index (χ0n) is 13.2. The van der Waals surface area contributed by atoms with Crippen molar-refractivity contribution in [3.05, 3.63) is 29.1 Å². The van der Waals surface area contributed by atoms with Crippen molar-refractivity contribution in [2.24, 2.45) is 11.1 Å². The number of hydrogen-bond acceptors (Lipinski definition) is 3. The third-order valence-electron chi connectivity index (χ3n) is 4.26. The standard InChI is InChI=1S/C15H25FN2O2S/c1-5-15(6-2,9-17)10-18-21(19,20)14-11(3)7-13(16)8-12(14)4/h7-8,18H,5-6,9-10,17H2,1-4H3. The van der Waals surface area contributed by atoms with E-state index in [4.69, 9.17) is 5.73 Å². The Morgan fingerprint density at radius 3 is 2.05 bits per heavy atom. The second-order valence-corrected chi connectivity index (χ2v) is 7.31. The molecule has 21 heavy (non-hydrogen) atoms. The van der Waals surface area contributed by atoms with Gasteiger partial charge in [0, 0.05) is 6.54 Å². The predicted octanol–water partition coefficient (Wildman–Crippen LogP) is 2.49. The van der Waals surface area contributed by atoms with E-state index >= 15 is 0 Å². The molecule has 0 unspecified atom stereocenters. The number of sulfonamides is 1. The molecule has 1 rings (SSSR count). The summed E-state index contributed by atoms with van der Waals surface area (Å²) in [5, 5.41) is 0. The largest absolute Gasteiger partial charge is 0.330 e. The highest BCUT2D eigenvalue weighted by atomic mass is 32.2. The van der Waals surface area contributed by atoms with E-state index in [1.54, 1.807) is 13.8 Å². The van der Waals surface area contributed by atoms with Crippen molar-refractivity contribution in [2.45, 2.75) is 45.4 Å². The lowest BCUT2D eigenvalue weighted by Gasteiger charge is -2.30. The topological polar surface area (TPSA) is 72.2 Å². The average molecular weight is 316 g/mol. The Kier molecular flexibility index (Phi) is 5.90. The summed E-state index contributed by atoms with van der Waals surface area (Å²) in [4.78, 5) is 0.155. The first-order chi connectivity index (χ1) is 9.71. The van der Waals surface area contributed by atoms with E-state index < -0.39 is 15.8 Å². The quantitative estimate of drug-likeness (QED) is 0.812. The molecule has 0 atom stereocenters. The molecule has 0 aliphatic carbocycles. The van der Waals surface area contributed by atoms with Crippen molar-refractivity contribution in [2.75, 3.05) is 13.1 Å². The van der Waals surface area contributed by atoms with Gasteiger partial charge in [-0.05, 0) is 61.9 Å². The molecule has 0 aromatic heterocycles. The van der Waals surface area contributed by atoms with Crippen molar-refractivity contribution < 1.29 is 12.8 Å². The minimum Gasteiger partial charge on any atom is -0.330 e. The zero-order valence-corrected chi connectivity index (χ0v) is 14.0. The van der Waals surface area contributed by atoms with Gasteiger partial charge < -0.3 is 5.73 Å². The van der Waals surface area contributed by atoms with Gasteiger partial charge in [-0.25, -0.2) is 17.5 Å². The summed E-state index contributed by atoms with van der Waals surface area (Å²) in [5.41, 5.74) is 6.37. The molecule has 6 heteroatoms. The number of aryl methyl sites for hydroxylation is 2. The Morgan fingerprint density at radius 2 is 1.67 bits per heavy atom. The van der Waals surface area contributed by atoms with Crippen molar-refractivity contribution in [3.63, 3.8) is 0 Å². The van der Waals surface area contributed by atoms with Crippen LogP contribution < -0.4 is 10.5 Å². The first kappa shape index (κ1) is 18.1. The number of halogens is 1. The fourth-order valence-corrected chi connectivity index (χ4v) is 4.11. The molecular weight excluding hydrogens is 291 g/mol. The smallest absolute Gasteiger partial charge is 0.241 e. The van der Waals surface area contributed by atoms with Gasteiger partial charge in [0.2, 0.25) is 10.0 Å². The van der Waals surface area contributed by atoms with Crippen molar-refractivity contribution >= 4 is 10.0 Å². The van der Waals surface area contributed by atoms with Gasteiger partial charge in [0.1, 0.15) is 5.82 Å². The molecule has 0 aliphatic rings. The van der Waals surface area contributed by atoms with Crippen LogP contribution in [0, 0.1) is 25.1 Å². The molecule has 0 spiro atoms. The van der Waals surface area contributed by atoms with Crippen molar-refractivity contribution in [3.8, 4) is 0 Å². The Bertz CT molecular complexity index is 564. The van der Waals surface area contributed by atoms with Crippen LogP contribution in [0.4, 0.5) is 4.39 Å². The van der Waals surface area contributed by atoms with Gasteiger partial charge >= 0.3 is 0 Å². The van der Waals surface area contributed by atoms with Gasteiger partial charge in [0.05, 0.1) is 4.90 Å². The van der Waals surface area contributed by atoms with E-state index in [9.17, 15) is 12.8 Å². The van der Waals surface area contributed by atoms with E-state index in [1.807, 2.05) is 13.8 Å². The molecule has 0 aliphatic heterocycles. The summed E-state index contributed by atoms with van der Waals surface area (Å²) in [5.74, 6) is -0.428. The highest BCUT2D eigenvalue weighted by molar-refractivity contribution is 7.89. The SMILES string of the molecule is CCC(CC)(CN)CNS(=O)(=O)c1c(C)cc(F)cc1C. The second kappa shape index (κ2) is 6.85. The lowest BCUT2D eigenvalue weighted by molar-refractivity contribution is 0.275. The predicted molar refractivity (Wildman–Crippen MR) is 83.1 cm³/mol. The van der Waals surface area contributed by atoms with E-state index in [0.29, 0.717) is 17.7 Å². The van der Waals surface area contributed by atoms with E-state index in [0.717, 1.165) is 12.8 Å². The van der Waals surface area contributed by atoms with Crippen molar-refractivity contribution in [1.82, 2.24) is 4.72 Å². The summed E-state index contributed by atoms with van der Waals surface area (Å²) in [7, 11) is -3.67. The average Bonchev–Trinajstić information content (AvgIpc) is 2.39. The second-order valence-electron chi connectivity index (χ2n) is 5.60. The minimum absolute atomic E-state index is 0.155. The van der Waals surface area contributed by atoms with Crippen LogP contribution in [0.15, 0.2) is 17.0 Å². The molecule has 0 radical (unpaired) electrons. The van der Waals surface area contributed by atoms with Crippen LogP contribution in [-0.2, 0) is 10.0 Å². The molecule has 0 saturated carbocycles. The molecular formula is C15H25FN2O2S. The van der Waals surface area contributed by atoms with Gasteiger partial charge in [0.25, 0.3) is 0 Å². The molecule has 4 nitrogen and oxygen atoms in total. The first-order valence-corrected chi connectivity index (χ1v) is 8.66. The monoisotopic (exact) mass is 316 g/mol. The lowest BCUT2D eigenvalue weighted by atomic mass is 9.83. The van der Waals surface area contributed by atoms with Gasteiger partial charge in [-0.3, -0.25) is 0 Å². The lowest BCUT2D eigenvalue weighted by Crippen LogP contribution is -2.42. The number of nitrogens with two attached hydrogens (primary N) is 1. The maximum atomic E-state index is 13.3. The Hall–Kier alpha value is -0.980. The number of nitrogens with one attached hydrogen (secondary N) is 1. The van der Waals surface area contributed by atoms with Crippen LogP contribution in [0.1, 0.15) is 37.8 Å². The Labute approximate surface area is 127 Å². The van der Waals surface area contributed by atoms with E-state index in [2.05, 4.69) is 4.72 Å². The Morgan fingerprint density at radius 1 is 1.19 bits per heavy atom. The fourth-order valence-electron chi connectivity index (χ4n) is 2.50. The highest BCUT2D eigenvalue weighted by Crippen LogP contribution is 2.26. The third-order valence-corrected chi connectivity index (χ3v) is 5.97. The summed E-state index contributed by atoms with van der Waals surface area (Å²) in [6, 6.07) is 2.47. The van der Waals surface area contributed by atoms with Crippen LogP contribution in [0.2, 0.25) is 0 Å². The minimum atomic E-state index is -3.67. The summed E-state index contributed by atoms with van der Waals surface area (Å²) in [6.07, 6.45) is 1.59. The van der Waals surface area contributed by atoms with Gasteiger partial charge in [-0.15, -0.1) is 0 Å². The summed E-state index contributed by atoms with van der Waals surface area (Å²) < 4.78 is 41.0. The molecule has 0 fully saturated rings. The van der Waals surface area contributed by atoms with Crippen LogP contribution in [0.5, 0.6) is 0 Å². The van der Waals surface area contributed by atoms with Crippen LogP contribution in [-0.4, -0.2) is 21.5 Å². The van der Waals surface area contributed by atoms with Crippen LogP contribution in [0.25, 0.3) is 0 Å². The molecule has 120 valence electrons. The van der Waals surface area contributed by atoms with Gasteiger partial charge in [0.15, 0.2) is 0 Å². The summed E-state index contributed by atoms with van der Waals surface area (Å²) in [6.45, 7) is 7.90. The number of benzene rings is 1. The molecule has 0 heterocycles. The summed E-state index contributed by atoms with van der Waals surface area (Å²) >= 11 is 0. The molecule has 1 aromatic carbocycles. The highest BCUT2D eigenvalue weighted by Gasteiger charge is 2.28. The molecule has 0 amide bonds. The number of rotatable bonds is 7. The van der Waals surface area contributed by atoms with Gasteiger partial charge in [-0.2, -0.15) is 0 Å². The van der Waals surface area contributed by atoms with Crippen LogP contribution in [0.3, 0.4) is 0 Å². The van der Waals surface area contributed by atoms with Gasteiger partial charge in [-0.1, -0.05) is 13.8 Å². The third kappa shape index (κ3) is 4.02. The van der Waals surface area contributed by atoms with Crippen LogP contribution >= 0.6 is 0 Å². The maximum Gasteiger partial charge on any atom is 0.241 e. The maximum absolute atomic E-state index is 13.3. The Balaban J connectivity index is 3.09. The fraction of sp³-hybridized carbons (Fsp3) is 0.600. The number of hydrogen-bond donors (Lipinski definition) is 2. The molecule has 0 saturated heterocycles. The molecule has 0 bridgehead atoms. The first-order valence-electron chi connectivity index (χ1n) is 7.18. The molecule has 1 aromatic rings. The van der Waals surface area contributed by atoms with Crippen molar-refractivity contribution in [1.29, 1.82) is 0 Å². The zero-order chi connectivity index (χ0) is 16.3. The van der Waals surface area contributed by atoms with E-state index in [1.165, 1.54) is 12.1 Å². The molecule has 3 N–H and O–H groups in total. The van der Waals surface area contributed by atoms with E-state index in [-0.39, 0.29) is 16.9 Å². The normalized spacial score (nSPS) is 12.7.